The molecular weight excluding hydrogens is 264 g/mol. The van der Waals surface area contributed by atoms with Crippen molar-refractivity contribution in [2.45, 2.75) is 56.3 Å². The van der Waals surface area contributed by atoms with Gasteiger partial charge in [0.05, 0.1) is 12.6 Å². The third-order valence-corrected chi connectivity index (χ3v) is 5.14. The zero-order valence-electron chi connectivity index (χ0n) is 12.5. The molecule has 4 rings (SSSR count). The largest absolute Gasteiger partial charge is 0.497 e. The quantitative estimate of drug-likeness (QED) is 0.928. The molecule has 1 unspecified atom stereocenters. The number of benzene rings is 1. The van der Waals surface area contributed by atoms with Crippen LogP contribution in [0.15, 0.2) is 24.3 Å². The van der Waals surface area contributed by atoms with E-state index in [1.807, 2.05) is 18.2 Å². The lowest BCUT2D eigenvalue weighted by molar-refractivity contribution is -0.133. The number of hydrogen-bond acceptors (Lipinski definition) is 3. The van der Waals surface area contributed by atoms with Crippen molar-refractivity contribution in [1.29, 1.82) is 0 Å². The van der Waals surface area contributed by atoms with Crippen molar-refractivity contribution >= 4 is 5.91 Å². The van der Waals surface area contributed by atoms with Gasteiger partial charge < -0.3 is 9.64 Å². The minimum absolute atomic E-state index is 0.0122. The summed E-state index contributed by atoms with van der Waals surface area (Å²) in [7, 11) is 1.68. The Bertz CT molecular complexity index is 562. The summed E-state index contributed by atoms with van der Waals surface area (Å²) in [5.41, 5.74) is 0.842. The Labute approximate surface area is 125 Å². The summed E-state index contributed by atoms with van der Waals surface area (Å²) < 4.78 is 5.34. The van der Waals surface area contributed by atoms with Gasteiger partial charge >= 0.3 is 0 Å². The summed E-state index contributed by atoms with van der Waals surface area (Å²) in [5, 5.41) is 3.68. The molecule has 1 aromatic carbocycles. The third kappa shape index (κ3) is 2.04. The van der Waals surface area contributed by atoms with E-state index in [0.717, 1.165) is 49.8 Å². The molecule has 112 valence electrons. The number of hydrogen-bond donors (Lipinski definition) is 1. The molecule has 4 nitrogen and oxygen atoms in total. The molecule has 0 aromatic heterocycles. The molecule has 1 aromatic rings. The molecule has 3 aliphatic rings. The predicted octanol–water partition coefficient (Wildman–Crippen LogP) is 2.60. The van der Waals surface area contributed by atoms with Crippen molar-refractivity contribution in [2.24, 2.45) is 0 Å². The minimum atomic E-state index is -0.295. The SMILES string of the molecule is COc1cccc(C2NC3(CCCC3)C(=O)N2C2CC2)c1. The number of ether oxygens (including phenoxy) is 1. The highest BCUT2D eigenvalue weighted by Gasteiger charge is 2.56. The van der Waals surface area contributed by atoms with Gasteiger partial charge in [0.1, 0.15) is 11.9 Å². The van der Waals surface area contributed by atoms with Crippen LogP contribution in [0.25, 0.3) is 0 Å². The zero-order valence-corrected chi connectivity index (χ0v) is 12.5. The highest BCUT2D eigenvalue weighted by Crippen LogP contribution is 2.45. The number of nitrogens with zero attached hydrogens (tertiary/aromatic N) is 1. The molecule has 1 aliphatic heterocycles. The number of carbonyl (C=O) groups is 1. The van der Waals surface area contributed by atoms with Crippen LogP contribution in [0, 0.1) is 0 Å². The molecule has 3 fully saturated rings. The Morgan fingerprint density at radius 2 is 2.05 bits per heavy atom. The summed E-state index contributed by atoms with van der Waals surface area (Å²) in [6.45, 7) is 0. The number of carbonyl (C=O) groups excluding carboxylic acids is 1. The monoisotopic (exact) mass is 286 g/mol. The molecule has 2 saturated carbocycles. The number of methoxy groups -OCH3 is 1. The molecule has 0 radical (unpaired) electrons. The van der Waals surface area contributed by atoms with Crippen LogP contribution in [-0.2, 0) is 4.79 Å². The highest BCUT2D eigenvalue weighted by atomic mass is 16.5. The Balaban J connectivity index is 1.70. The lowest BCUT2D eigenvalue weighted by Crippen LogP contribution is -2.44. The van der Waals surface area contributed by atoms with Gasteiger partial charge in [-0.15, -0.1) is 0 Å². The van der Waals surface area contributed by atoms with Gasteiger partial charge in [0.15, 0.2) is 0 Å². The average molecular weight is 286 g/mol. The molecule has 1 atom stereocenters. The lowest BCUT2D eigenvalue weighted by Gasteiger charge is -2.24. The summed E-state index contributed by atoms with van der Waals surface area (Å²) in [4.78, 5) is 15.1. The Morgan fingerprint density at radius 3 is 2.71 bits per heavy atom. The fourth-order valence-electron chi connectivity index (χ4n) is 3.88. The summed E-state index contributed by atoms with van der Waals surface area (Å²) in [5.74, 6) is 1.18. The second-order valence-electron chi connectivity index (χ2n) is 6.56. The predicted molar refractivity (Wildman–Crippen MR) is 79.9 cm³/mol. The van der Waals surface area contributed by atoms with E-state index in [1.165, 1.54) is 0 Å². The average Bonchev–Trinajstić information content (AvgIpc) is 3.17. The molecule has 21 heavy (non-hydrogen) atoms. The van der Waals surface area contributed by atoms with Crippen molar-refractivity contribution < 1.29 is 9.53 Å². The first-order valence-electron chi connectivity index (χ1n) is 7.98. The van der Waals surface area contributed by atoms with Crippen molar-refractivity contribution in [3.05, 3.63) is 29.8 Å². The second-order valence-corrected chi connectivity index (χ2v) is 6.56. The van der Waals surface area contributed by atoms with E-state index >= 15 is 0 Å². The topological polar surface area (TPSA) is 41.6 Å². The number of amides is 1. The van der Waals surface area contributed by atoms with Crippen molar-refractivity contribution in [3.63, 3.8) is 0 Å². The van der Waals surface area contributed by atoms with Crippen LogP contribution in [0.4, 0.5) is 0 Å². The van der Waals surface area contributed by atoms with Gasteiger partial charge in [-0.25, -0.2) is 0 Å². The van der Waals surface area contributed by atoms with Gasteiger partial charge in [-0.05, 0) is 43.4 Å². The van der Waals surface area contributed by atoms with Gasteiger partial charge in [0, 0.05) is 6.04 Å². The van der Waals surface area contributed by atoms with Crippen LogP contribution in [0.2, 0.25) is 0 Å². The van der Waals surface area contributed by atoms with Crippen LogP contribution in [0.5, 0.6) is 5.75 Å². The Morgan fingerprint density at radius 1 is 1.29 bits per heavy atom. The van der Waals surface area contributed by atoms with Gasteiger partial charge in [0.25, 0.3) is 0 Å². The molecule has 1 N–H and O–H groups in total. The van der Waals surface area contributed by atoms with E-state index in [9.17, 15) is 4.79 Å². The van der Waals surface area contributed by atoms with Gasteiger partial charge in [0.2, 0.25) is 5.91 Å². The van der Waals surface area contributed by atoms with Crippen molar-refractivity contribution in [1.82, 2.24) is 10.2 Å². The standard InChI is InChI=1S/C17H22N2O2/c1-21-14-6-4-5-12(11-14)15-18-17(9-2-3-10-17)16(20)19(15)13-7-8-13/h4-6,11,13,15,18H,2-3,7-10H2,1H3. The van der Waals surface area contributed by atoms with Crippen LogP contribution in [-0.4, -0.2) is 29.5 Å². The van der Waals surface area contributed by atoms with Gasteiger partial charge in [-0.1, -0.05) is 25.0 Å². The summed E-state index contributed by atoms with van der Waals surface area (Å²) in [6, 6.07) is 8.53. The van der Waals surface area contributed by atoms with Gasteiger partial charge in [-0.3, -0.25) is 10.1 Å². The Hall–Kier alpha value is -1.55. The maximum atomic E-state index is 13.0. The van der Waals surface area contributed by atoms with Crippen LogP contribution >= 0.6 is 0 Å². The maximum Gasteiger partial charge on any atom is 0.244 e. The van der Waals surface area contributed by atoms with E-state index in [1.54, 1.807) is 7.11 Å². The smallest absolute Gasteiger partial charge is 0.244 e. The van der Waals surface area contributed by atoms with E-state index in [0.29, 0.717) is 11.9 Å². The fraction of sp³-hybridized carbons (Fsp3) is 0.588. The molecule has 2 aliphatic carbocycles. The van der Waals surface area contributed by atoms with E-state index < -0.39 is 0 Å². The molecular formula is C17H22N2O2. The van der Waals surface area contributed by atoms with Gasteiger partial charge in [-0.2, -0.15) is 0 Å². The van der Waals surface area contributed by atoms with Crippen LogP contribution < -0.4 is 10.1 Å². The molecule has 0 bridgehead atoms. The minimum Gasteiger partial charge on any atom is -0.497 e. The first-order valence-corrected chi connectivity index (χ1v) is 7.98. The second kappa shape index (κ2) is 4.73. The number of rotatable bonds is 3. The first-order chi connectivity index (χ1) is 10.2. The third-order valence-electron chi connectivity index (χ3n) is 5.14. The van der Waals surface area contributed by atoms with E-state index in [-0.39, 0.29) is 11.7 Å². The Kier molecular flexibility index (Phi) is 2.96. The molecule has 1 amide bonds. The zero-order chi connectivity index (χ0) is 14.4. The molecule has 1 heterocycles. The van der Waals surface area contributed by atoms with E-state index in [4.69, 9.17) is 4.74 Å². The van der Waals surface area contributed by atoms with Crippen molar-refractivity contribution in [2.75, 3.05) is 7.11 Å². The summed E-state index contributed by atoms with van der Waals surface area (Å²) >= 11 is 0. The van der Waals surface area contributed by atoms with Crippen molar-refractivity contribution in [3.8, 4) is 5.75 Å². The first kappa shape index (κ1) is 13.1. The molecule has 1 spiro atoms. The summed E-state index contributed by atoms with van der Waals surface area (Å²) in [6.07, 6.45) is 6.57. The lowest BCUT2D eigenvalue weighted by atomic mass is 9.98. The van der Waals surface area contributed by atoms with Crippen LogP contribution in [0.3, 0.4) is 0 Å². The van der Waals surface area contributed by atoms with E-state index in [2.05, 4.69) is 16.3 Å². The maximum absolute atomic E-state index is 13.0. The molecule has 1 saturated heterocycles. The van der Waals surface area contributed by atoms with Crippen LogP contribution in [0.1, 0.15) is 50.3 Å². The normalized spacial score (nSPS) is 27.6. The fourth-order valence-corrected chi connectivity index (χ4v) is 3.88. The molecule has 4 heteroatoms. The number of nitrogens with one attached hydrogen (secondary N) is 1. The highest BCUT2D eigenvalue weighted by molar-refractivity contribution is 5.90.